The first-order chi connectivity index (χ1) is 12.0. The predicted molar refractivity (Wildman–Crippen MR) is 93.9 cm³/mol. The van der Waals surface area contributed by atoms with Gasteiger partial charge in [0.1, 0.15) is 5.75 Å². The Morgan fingerprint density at radius 1 is 1.32 bits per heavy atom. The zero-order chi connectivity index (χ0) is 18.2. The third-order valence-corrected chi connectivity index (χ3v) is 4.14. The van der Waals surface area contributed by atoms with Crippen molar-refractivity contribution in [2.24, 2.45) is 11.8 Å². The van der Waals surface area contributed by atoms with Crippen LogP contribution in [-0.2, 0) is 9.53 Å². The van der Waals surface area contributed by atoms with E-state index in [2.05, 4.69) is 5.32 Å². The van der Waals surface area contributed by atoms with Gasteiger partial charge >= 0.3 is 12.0 Å². The summed E-state index contributed by atoms with van der Waals surface area (Å²) < 4.78 is 10.6. The summed E-state index contributed by atoms with van der Waals surface area (Å²) in [5.74, 6) is -0.527. The molecule has 0 aliphatic carbocycles. The quantitative estimate of drug-likeness (QED) is 0.738. The number of amides is 2. The lowest BCUT2D eigenvalue weighted by atomic mass is 9.91. The second kappa shape index (κ2) is 9.27. The first-order valence-electron chi connectivity index (χ1n) is 8.50. The van der Waals surface area contributed by atoms with Gasteiger partial charge in [0.2, 0.25) is 0 Å². The lowest BCUT2D eigenvalue weighted by Gasteiger charge is -2.34. The molecule has 2 amide bonds. The highest BCUT2D eigenvalue weighted by Gasteiger charge is 2.31. The summed E-state index contributed by atoms with van der Waals surface area (Å²) in [4.78, 5) is 25.3. The Morgan fingerprint density at radius 2 is 2.12 bits per heavy atom. The lowest BCUT2D eigenvalue weighted by Crippen LogP contribution is -2.47. The fourth-order valence-electron chi connectivity index (χ4n) is 2.96. The summed E-state index contributed by atoms with van der Waals surface area (Å²) in [6.07, 6.45) is 1.39. The zero-order valence-corrected chi connectivity index (χ0v) is 14.7. The molecule has 1 saturated heterocycles. The van der Waals surface area contributed by atoms with Crippen molar-refractivity contribution in [3.05, 3.63) is 24.3 Å². The number of carboxylic acids is 1. The Kier molecular flexibility index (Phi) is 7.06. The monoisotopic (exact) mass is 350 g/mol. The highest BCUT2D eigenvalue weighted by Crippen LogP contribution is 2.23. The van der Waals surface area contributed by atoms with Crippen molar-refractivity contribution in [2.45, 2.75) is 19.8 Å². The van der Waals surface area contributed by atoms with E-state index in [1.807, 2.05) is 13.0 Å². The highest BCUT2D eigenvalue weighted by atomic mass is 16.5. The van der Waals surface area contributed by atoms with E-state index in [9.17, 15) is 14.7 Å². The van der Waals surface area contributed by atoms with Crippen LogP contribution < -0.4 is 10.1 Å². The summed E-state index contributed by atoms with van der Waals surface area (Å²) in [6, 6.07) is 6.88. The van der Waals surface area contributed by atoms with Crippen molar-refractivity contribution in [2.75, 3.05) is 38.7 Å². The molecule has 138 valence electrons. The average Bonchev–Trinajstić information content (AvgIpc) is 2.58. The molecule has 1 fully saturated rings. The smallest absolute Gasteiger partial charge is 0.321 e. The SMILES string of the molecule is COCCCOc1cccc(NC(=O)N2CC(C)CC(C(=O)O)C2)c1. The molecule has 0 spiro atoms. The number of carboxylic acid groups (broad SMARTS) is 1. The van der Waals surface area contributed by atoms with Crippen LogP contribution in [0.5, 0.6) is 5.75 Å². The van der Waals surface area contributed by atoms with Crippen molar-refractivity contribution in [1.82, 2.24) is 4.90 Å². The number of hydrogen-bond donors (Lipinski definition) is 2. The van der Waals surface area contributed by atoms with E-state index < -0.39 is 11.9 Å². The van der Waals surface area contributed by atoms with Gasteiger partial charge in [0.05, 0.1) is 12.5 Å². The molecule has 1 aliphatic rings. The minimum atomic E-state index is -0.851. The maximum absolute atomic E-state index is 12.5. The van der Waals surface area contributed by atoms with Gasteiger partial charge in [0, 0.05) is 45.0 Å². The summed E-state index contributed by atoms with van der Waals surface area (Å²) >= 11 is 0. The zero-order valence-electron chi connectivity index (χ0n) is 14.7. The molecule has 0 bridgehead atoms. The number of anilines is 1. The standard InChI is InChI=1S/C18H26N2O5/c1-13-9-14(17(21)22)12-20(11-13)18(23)19-15-5-3-6-16(10-15)25-8-4-7-24-2/h3,5-6,10,13-14H,4,7-9,11-12H2,1-2H3,(H,19,23)(H,21,22). The number of urea groups is 1. The van der Waals surface area contributed by atoms with E-state index in [0.29, 0.717) is 37.6 Å². The topological polar surface area (TPSA) is 88.1 Å². The third-order valence-electron chi connectivity index (χ3n) is 4.14. The summed E-state index contributed by atoms with van der Waals surface area (Å²) in [5.41, 5.74) is 0.624. The van der Waals surface area contributed by atoms with Crippen LogP contribution in [0.25, 0.3) is 0 Å². The van der Waals surface area contributed by atoms with Crippen molar-refractivity contribution in [1.29, 1.82) is 0 Å². The Balaban J connectivity index is 1.92. The van der Waals surface area contributed by atoms with Gasteiger partial charge in [-0.05, 0) is 24.5 Å². The summed E-state index contributed by atoms with van der Waals surface area (Å²) in [6.45, 7) is 3.93. The van der Waals surface area contributed by atoms with Crippen molar-refractivity contribution < 1.29 is 24.2 Å². The number of nitrogens with one attached hydrogen (secondary N) is 1. The van der Waals surface area contributed by atoms with Gasteiger partial charge in [0.25, 0.3) is 0 Å². The van der Waals surface area contributed by atoms with Crippen molar-refractivity contribution >= 4 is 17.7 Å². The second-order valence-electron chi connectivity index (χ2n) is 6.43. The number of methoxy groups -OCH3 is 1. The van der Waals surface area contributed by atoms with Crippen LogP contribution in [0.3, 0.4) is 0 Å². The second-order valence-corrected chi connectivity index (χ2v) is 6.43. The van der Waals surface area contributed by atoms with Gasteiger partial charge in [-0.2, -0.15) is 0 Å². The normalized spacial score (nSPS) is 20.2. The molecule has 1 heterocycles. The van der Waals surface area contributed by atoms with Crippen molar-refractivity contribution in [3.63, 3.8) is 0 Å². The number of likely N-dealkylation sites (tertiary alicyclic amines) is 1. The molecule has 25 heavy (non-hydrogen) atoms. The molecule has 1 aromatic carbocycles. The fraction of sp³-hybridized carbons (Fsp3) is 0.556. The molecule has 0 aromatic heterocycles. The first-order valence-corrected chi connectivity index (χ1v) is 8.50. The molecule has 2 rings (SSSR count). The molecule has 0 saturated carbocycles. The molecule has 2 N–H and O–H groups in total. The molecule has 0 radical (unpaired) electrons. The molecule has 7 nitrogen and oxygen atoms in total. The molecular formula is C18H26N2O5. The Labute approximate surface area is 147 Å². The van der Waals surface area contributed by atoms with Crippen LogP contribution >= 0.6 is 0 Å². The number of carbonyl (C=O) groups is 2. The van der Waals surface area contributed by atoms with Gasteiger partial charge in [-0.25, -0.2) is 4.79 Å². The Bertz CT molecular complexity index is 593. The molecule has 1 aromatic rings. The van der Waals surface area contributed by atoms with Gasteiger partial charge in [-0.15, -0.1) is 0 Å². The van der Waals surface area contributed by atoms with Crippen molar-refractivity contribution in [3.8, 4) is 5.75 Å². The molecular weight excluding hydrogens is 324 g/mol. The maximum atomic E-state index is 12.5. The highest BCUT2D eigenvalue weighted by molar-refractivity contribution is 5.90. The predicted octanol–water partition coefficient (Wildman–Crippen LogP) is 2.68. The van der Waals surface area contributed by atoms with E-state index in [4.69, 9.17) is 9.47 Å². The van der Waals surface area contributed by atoms with Crippen LogP contribution in [0.1, 0.15) is 19.8 Å². The molecule has 2 atom stereocenters. The van der Waals surface area contributed by atoms with E-state index >= 15 is 0 Å². The number of aliphatic carboxylic acids is 1. The Hall–Kier alpha value is -2.28. The van der Waals surface area contributed by atoms with E-state index in [1.54, 1.807) is 30.2 Å². The number of rotatable bonds is 7. The number of ether oxygens (including phenoxy) is 2. The van der Waals surface area contributed by atoms with Gasteiger partial charge in [-0.1, -0.05) is 13.0 Å². The van der Waals surface area contributed by atoms with Gasteiger partial charge in [0.15, 0.2) is 0 Å². The number of nitrogens with zero attached hydrogens (tertiary/aromatic N) is 1. The van der Waals surface area contributed by atoms with E-state index in [-0.39, 0.29) is 18.5 Å². The largest absolute Gasteiger partial charge is 0.493 e. The minimum absolute atomic E-state index is 0.163. The summed E-state index contributed by atoms with van der Waals surface area (Å²) in [7, 11) is 1.65. The number of piperidine rings is 1. The van der Waals surface area contributed by atoms with Crippen LogP contribution in [0.4, 0.5) is 10.5 Å². The third kappa shape index (κ3) is 5.94. The molecule has 2 unspecified atom stereocenters. The molecule has 7 heteroatoms. The van der Waals surface area contributed by atoms with Gasteiger partial charge in [-0.3, -0.25) is 4.79 Å². The maximum Gasteiger partial charge on any atom is 0.321 e. The average molecular weight is 350 g/mol. The van der Waals surface area contributed by atoms with Gasteiger partial charge < -0.3 is 24.8 Å². The van der Waals surface area contributed by atoms with E-state index in [1.165, 1.54) is 0 Å². The fourth-order valence-corrected chi connectivity index (χ4v) is 2.96. The van der Waals surface area contributed by atoms with Crippen LogP contribution in [-0.4, -0.2) is 55.4 Å². The van der Waals surface area contributed by atoms with Crippen LogP contribution in [0.2, 0.25) is 0 Å². The molecule has 1 aliphatic heterocycles. The first kappa shape index (κ1) is 19.1. The Morgan fingerprint density at radius 3 is 2.84 bits per heavy atom. The number of benzene rings is 1. The number of hydrogen-bond acceptors (Lipinski definition) is 4. The summed E-state index contributed by atoms with van der Waals surface area (Å²) in [5, 5.41) is 12.0. The van der Waals surface area contributed by atoms with Crippen LogP contribution in [0.15, 0.2) is 24.3 Å². The van der Waals surface area contributed by atoms with Crippen LogP contribution in [0, 0.1) is 11.8 Å². The minimum Gasteiger partial charge on any atom is -0.493 e. The van der Waals surface area contributed by atoms with E-state index in [0.717, 1.165) is 6.42 Å². The number of carbonyl (C=O) groups excluding carboxylic acids is 1. The lowest BCUT2D eigenvalue weighted by molar-refractivity contribution is -0.143.